The maximum Gasteiger partial charge on any atom is 0.145 e. The van der Waals surface area contributed by atoms with Crippen LogP contribution < -0.4 is 10.5 Å². The molecule has 2 aromatic rings. The predicted octanol–water partition coefficient (Wildman–Crippen LogP) is 3.58. The van der Waals surface area contributed by atoms with Crippen molar-refractivity contribution in [1.29, 1.82) is 0 Å². The maximum atomic E-state index is 13.2. The molecule has 0 bridgehead atoms. The van der Waals surface area contributed by atoms with E-state index in [1.165, 1.54) is 10.9 Å². The Morgan fingerprint density at radius 2 is 2.06 bits per heavy atom. The summed E-state index contributed by atoms with van der Waals surface area (Å²) in [6, 6.07) is 8.80. The first-order valence-corrected chi connectivity index (χ1v) is 6.61. The number of ether oxygens (including phenoxy) is 1. The van der Waals surface area contributed by atoms with Gasteiger partial charge in [0.2, 0.25) is 0 Å². The third-order valence-electron chi connectivity index (χ3n) is 2.70. The van der Waals surface area contributed by atoms with E-state index in [1.54, 1.807) is 30.4 Å². The molecule has 96 valence electrons. The van der Waals surface area contributed by atoms with Crippen molar-refractivity contribution in [1.82, 2.24) is 0 Å². The molecule has 18 heavy (non-hydrogen) atoms. The Kier molecular flexibility index (Phi) is 3.99. The van der Waals surface area contributed by atoms with Gasteiger partial charge in [-0.3, -0.25) is 0 Å². The molecule has 0 aliphatic carbocycles. The summed E-state index contributed by atoms with van der Waals surface area (Å²) in [6.07, 6.45) is -0.173. The van der Waals surface area contributed by atoms with Crippen molar-refractivity contribution in [3.8, 4) is 5.75 Å². The normalized spacial score (nSPS) is 12.4. The van der Waals surface area contributed by atoms with Gasteiger partial charge in [0.05, 0.1) is 0 Å². The van der Waals surface area contributed by atoms with Crippen molar-refractivity contribution < 1.29 is 9.13 Å². The molecule has 0 aliphatic rings. The van der Waals surface area contributed by atoms with Crippen molar-refractivity contribution in [3.63, 3.8) is 0 Å². The van der Waals surface area contributed by atoms with Crippen LogP contribution in [-0.4, -0.2) is 6.54 Å². The Morgan fingerprint density at radius 1 is 1.28 bits per heavy atom. The highest BCUT2D eigenvalue weighted by Crippen LogP contribution is 2.27. The summed E-state index contributed by atoms with van der Waals surface area (Å²) in [5, 5.41) is 0. The number of halogens is 1. The highest BCUT2D eigenvalue weighted by atomic mass is 32.1. The number of thiophene rings is 1. The molecule has 1 unspecified atom stereocenters. The van der Waals surface area contributed by atoms with E-state index in [1.807, 2.05) is 19.1 Å². The van der Waals surface area contributed by atoms with Gasteiger partial charge in [0.25, 0.3) is 0 Å². The minimum absolute atomic E-state index is 0.173. The Hall–Kier alpha value is -1.39. The first-order chi connectivity index (χ1) is 8.60. The van der Waals surface area contributed by atoms with Gasteiger partial charge < -0.3 is 10.5 Å². The van der Waals surface area contributed by atoms with E-state index >= 15 is 0 Å². The van der Waals surface area contributed by atoms with Crippen LogP contribution in [0.15, 0.2) is 30.3 Å². The van der Waals surface area contributed by atoms with Gasteiger partial charge in [-0.05, 0) is 49.7 Å². The van der Waals surface area contributed by atoms with Crippen LogP contribution in [-0.2, 0) is 0 Å². The van der Waals surface area contributed by atoms with Crippen LogP contribution in [0, 0.1) is 19.7 Å². The van der Waals surface area contributed by atoms with Gasteiger partial charge in [-0.2, -0.15) is 0 Å². The van der Waals surface area contributed by atoms with Crippen LogP contribution in [0.2, 0.25) is 0 Å². The lowest BCUT2D eigenvalue weighted by Crippen LogP contribution is -2.17. The zero-order valence-electron chi connectivity index (χ0n) is 10.4. The fraction of sp³-hybridized carbons (Fsp3) is 0.286. The van der Waals surface area contributed by atoms with Crippen LogP contribution in [0.5, 0.6) is 5.75 Å². The Balaban J connectivity index is 2.17. The average molecular weight is 265 g/mol. The van der Waals surface area contributed by atoms with Crippen molar-refractivity contribution in [2.45, 2.75) is 20.0 Å². The zero-order chi connectivity index (χ0) is 13.1. The second-order valence-corrected chi connectivity index (χ2v) is 5.52. The van der Waals surface area contributed by atoms with E-state index in [4.69, 9.17) is 10.5 Å². The van der Waals surface area contributed by atoms with Gasteiger partial charge in [0, 0.05) is 16.3 Å². The van der Waals surface area contributed by atoms with Crippen LogP contribution in [0.1, 0.15) is 21.4 Å². The van der Waals surface area contributed by atoms with E-state index in [2.05, 4.69) is 0 Å². The molecule has 2 rings (SSSR count). The number of hydrogen-bond donors (Lipinski definition) is 1. The smallest absolute Gasteiger partial charge is 0.145 e. The Bertz CT molecular complexity index is 538. The molecule has 0 saturated heterocycles. The van der Waals surface area contributed by atoms with Crippen LogP contribution in [0.3, 0.4) is 0 Å². The largest absolute Gasteiger partial charge is 0.484 e. The van der Waals surface area contributed by atoms with Gasteiger partial charge in [-0.1, -0.05) is 0 Å². The third-order valence-corrected chi connectivity index (χ3v) is 3.79. The molecule has 4 heteroatoms. The molecule has 0 amide bonds. The SMILES string of the molecule is Cc1ccc(C(CN)Oc2ccc(F)c(C)c2)s1. The standard InChI is InChI=1S/C14H16FNOS/c1-9-7-11(4-5-12(9)15)17-13(8-16)14-6-3-10(2)18-14/h3-7,13H,8,16H2,1-2H3. The van der Waals surface area contributed by atoms with Crippen molar-refractivity contribution >= 4 is 11.3 Å². The molecule has 0 aliphatic heterocycles. The summed E-state index contributed by atoms with van der Waals surface area (Å²) < 4.78 is 19.0. The fourth-order valence-electron chi connectivity index (χ4n) is 1.70. The first-order valence-electron chi connectivity index (χ1n) is 5.79. The summed E-state index contributed by atoms with van der Waals surface area (Å²) >= 11 is 1.67. The van der Waals surface area contributed by atoms with Crippen molar-refractivity contribution in [2.75, 3.05) is 6.54 Å². The molecule has 2 N–H and O–H groups in total. The average Bonchev–Trinajstić information content (AvgIpc) is 2.77. The number of nitrogens with two attached hydrogens (primary N) is 1. The summed E-state index contributed by atoms with van der Waals surface area (Å²) in [4.78, 5) is 2.32. The molecule has 1 atom stereocenters. The first kappa shape index (κ1) is 13.1. The van der Waals surface area contributed by atoms with Gasteiger partial charge >= 0.3 is 0 Å². The van der Waals surface area contributed by atoms with Crippen molar-refractivity contribution in [3.05, 3.63) is 51.5 Å². The number of aryl methyl sites for hydroxylation is 2. The lowest BCUT2D eigenvalue weighted by atomic mass is 10.2. The quantitative estimate of drug-likeness (QED) is 0.917. The summed E-state index contributed by atoms with van der Waals surface area (Å²) in [6.45, 7) is 4.16. The summed E-state index contributed by atoms with van der Waals surface area (Å²) in [5.74, 6) is 0.425. The molecule has 1 heterocycles. The molecular formula is C14H16FNOS. The van der Waals surface area contributed by atoms with E-state index in [9.17, 15) is 4.39 Å². The van der Waals surface area contributed by atoms with Crippen LogP contribution in [0.4, 0.5) is 4.39 Å². The minimum atomic E-state index is -0.224. The molecule has 0 fully saturated rings. The Labute approximate surface area is 110 Å². The molecule has 1 aromatic heterocycles. The van der Waals surface area contributed by atoms with Gasteiger partial charge in [0.15, 0.2) is 0 Å². The van der Waals surface area contributed by atoms with E-state index in [0.29, 0.717) is 17.9 Å². The minimum Gasteiger partial charge on any atom is -0.484 e. The second-order valence-electron chi connectivity index (χ2n) is 4.20. The predicted molar refractivity (Wildman–Crippen MR) is 72.6 cm³/mol. The monoisotopic (exact) mass is 265 g/mol. The van der Waals surface area contributed by atoms with E-state index < -0.39 is 0 Å². The third kappa shape index (κ3) is 2.89. The molecule has 0 radical (unpaired) electrons. The fourth-order valence-corrected chi connectivity index (χ4v) is 2.62. The lowest BCUT2D eigenvalue weighted by molar-refractivity contribution is 0.217. The molecule has 0 saturated carbocycles. The number of rotatable bonds is 4. The highest BCUT2D eigenvalue weighted by Gasteiger charge is 2.14. The number of hydrogen-bond acceptors (Lipinski definition) is 3. The van der Waals surface area contributed by atoms with Gasteiger partial charge in [-0.25, -0.2) is 4.39 Å². The topological polar surface area (TPSA) is 35.2 Å². The summed E-state index contributed by atoms with van der Waals surface area (Å²) in [5.41, 5.74) is 6.31. The van der Waals surface area contributed by atoms with E-state index in [-0.39, 0.29) is 11.9 Å². The second kappa shape index (κ2) is 5.50. The lowest BCUT2D eigenvalue weighted by Gasteiger charge is -2.16. The Morgan fingerprint density at radius 3 is 2.61 bits per heavy atom. The highest BCUT2D eigenvalue weighted by molar-refractivity contribution is 7.12. The van der Waals surface area contributed by atoms with Crippen LogP contribution >= 0.6 is 11.3 Å². The number of benzene rings is 1. The maximum absolute atomic E-state index is 13.2. The van der Waals surface area contributed by atoms with Gasteiger partial charge in [0.1, 0.15) is 17.7 Å². The van der Waals surface area contributed by atoms with Gasteiger partial charge in [-0.15, -0.1) is 11.3 Å². The zero-order valence-corrected chi connectivity index (χ0v) is 11.3. The molecule has 0 spiro atoms. The van der Waals surface area contributed by atoms with Crippen LogP contribution in [0.25, 0.3) is 0 Å². The summed E-state index contributed by atoms with van der Waals surface area (Å²) in [7, 11) is 0. The van der Waals surface area contributed by atoms with Crippen molar-refractivity contribution in [2.24, 2.45) is 5.73 Å². The van der Waals surface area contributed by atoms with E-state index in [0.717, 1.165) is 4.88 Å². The molecule has 2 nitrogen and oxygen atoms in total. The molecular weight excluding hydrogens is 249 g/mol. The molecule has 1 aromatic carbocycles.